The summed E-state index contributed by atoms with van der Waals surface area (Å²) in [6, 6.07) is 3.96. The van der Waals surface area contributed by atoms with Crippen LogP contribution in [0.25, 0.3) is 0 Å². The van der Waals surface area contributed by atoms with Crippen LogP contribution in [0.1, 0.15) is 43.9 Å². The number of amidine groups is 1. The summed E-state index contributed by atoms with van der Waals surface area (Å²) in [4.78, 5) is 37.8. The van der Waals surface area contributed by atoms with Crippen LogP contribution in [0, 0.1) is 13.8 Å². The van der Waals surface area contributed by atoms with Crippen LogP contribution in [-0.2, 0) is 19.3 Å². The number of anilines is 1. The summed E-state index contributed by atoms with van der Waals surface area (Å²) in [5.41, 5.74) is 3.57. The van der Waals surface area contributed by atoms with E-state index in [4.69, 9.17) is 0 Å². The van der Waals surface area contributed by atoms with E-state index in [-0.39, 0.29) is 22.9 Å². The number of amides is 3. The van der Waals surface area contributed by atoms with Crippen molar-refractivity contribution in [2.24, 2.45) is 5.10 Å². The van der Waals surface area contributed by atoms with Crippen LogP contribution in [0.15, 0.2) is 17.2 Å². The normalized spacial score (nSPS) is 21.3. The van der Waals surface area contributed by atoms with Gasteiger partial charge in [0, 0.05) is 26.0 Å². The summed E-state index contributed by atoms with van der Waals surface area (Å²) in [5, 5.41) is 8.33. The molecule has 1 aromatic carbocycles. The lowest BCUT2D eigenvalue weighted by molar-refractivity contribution is -0.139. The number of nitrogens with zero attached hydrogens (tertiary/aromatic N) is 3. The van der Waals surface area contributed by atoms with Crippen LogP contribution in [0.4, 0.5) is 5.69 Å². The molecule has 8 heteroatoms. The second-order valence-electron chi connectivity index (χ2n) is 6.60. The highest BCUT2D eigenvalue weighted by Gasteiger charge is 2.61. The van der Waals surface area contributed by atoms with Gasteiger partial charge >= 0.3 is 0 Å². The Hall–Kier alpha value is -2.35. The number of hydrogen-bond acceptors (Lipinski definition) is 5. The summed E-state index contributed by atoms with van der Waals surface area (Å²) in [7, 11) is 0. The van der Waals surface area contributed by atoms with Crippen molar-refractivity contribution in [3.63, 3.8) is 0 Å². The third-order valence-electron chi connectivity index (χ3n) is 4.38. The zero-order chi connectivity index (χ0) is 19.2. The zero-order valence-electron chi connectivity index (χ0n) is 15.5. The van der Waals surface area contributed by atoms with Crippen LogP contribution in [-0.4, -0.2) is 34.4 Å². The molecule has 0 radical (unpaired) electrons. The quantitative estimate of drug-likeness (QED) is 0.860. The van der Waals surface area contributed by atoms with Gasteiger partial charge in [-0.2, -0.15) is 5.01 Å². The molecule has 138 valence electrons. The van der Waals surface area contributed by atoms with Crippen LogP contribution in [0.3, 0.4) is 0 Å². The average molecular weight is 374 g/mol. The van der Waals surface area contributed by atoms with E-state index in [9.17, 15) is 14.4 Å². The average Bonchev–Trinajstić information content (AvgIpc) is 3.01. The summed E-state index contributed by atoms with van der Waals surface area (Å²) >= 11 is 1.12. The number of hydrogen-bond donors (Lipinski definition) is 1. The lowest BCUT2D eigenvalue weighted by Crippen LogP contribution is -2.48. The second kappa shape index (κ2) is 6.42. The predicted molar refractivity (Wildman–Crippen MR) is 102 cm³/mol. The van der Waals surface area contributed by atoms with E-state index < -0.39 is 4.87 Å². The first-order valence-corrected chi connectivity index (χ1v) is 9.33. The van der Waals surface area contributed by atoms with Gasteiger partial charge < -0.3 is 10.2 Å². The Morgan fingerprint density at radius 3 is 2.54 bits per heavy atom. The number of hydrazone groups is 1. The van der Waals surface area contributed by atoms with Gasteiger partial charge in [0.1, 0.15) is 0 Å². The Labute approximate surface area is 156 Å². The van der Waals surface area contributed by atoms with Crippen LogP contribution in [0.2, 0.25) is 0 Å². The van der Waals surface area contributed by atoms with E-state index in [0.717, 1.165) is 40.6 Å². The number of rotatable bonds is 2. The molecule has 26 heavy (non-hydrogen) atoms. The Morgan fingerprint density at radius 1 is 1.27 bits per heavy atom. The molecule has 3 rings (SSSR count). The van der Waals surface area contributed by atoms with Gasteiger partial charge in [0.15, 0.2) is 5.17 Å². The minimum atomic E-state index is -1.30. The van der Waals surface area contributed by atoms with Crippen molar-refractivity contribution in [2.75, 3.05) is 11.4 Å². The number of nitrogens with one attached hydrogen (secondary N) is 1. The maximum Gasteiger partial charge on any atom is 0.270 e. The van der Waals surface area contributed by atoms with Gasteiger partial charge in [0.25, 0.3) is 5.91 Å². The van der Waals surface area contributed by atoms with Gasteiger partial charge in [-0.25, -0.2) is 0 Å². The summed E-state index contributed by atoms with van der Waals surface area (Å²) in [5.74, 6) is -0.852. The highest BCUT2D eigenvalue weighted by molar-refractivity contribution is 8.15. The van der Waals surface area contributed by atoms with Gasteiger partial charge in [0.2, 0.25) is 16.7 Å². The van der Waals surface area contributed by atoms with Crippen molar-refractivity contribution < 1.29 is 14.4 Å². The third kappa shape index (κ3) is 2.59. The topological polar surface area (TPSA) is 82.1 Å². The number of thioether (sulfide) groups is 1. The largest absolute Gasteiger partial charge is 0.309 e. The van der Waals surface area contributed by atoms with Gasteiger partial charge in [-0.15, -0.1) is 5.10 Å². The molecule has 0 unspecified atom stereocenters. The second-order valence-corrected chi connectivity index (χ2v) is 7.78. The van der Waals surface area contributed by atoms with E-state index in [1.54, 1.807) is 4.90 Å². The summed E-state index contributed by atoms with van der Waals surface area (Å²) < 4.78 is 0. The fourth-order valence-corrected chi connectivity index (χ4v) is 4.89. The molecule has 1 N–H and O–H groups in total. The minimum Gasteiger partial charge on any atom is -0.309 e. The lowest BCUT2D eigenvalue weighted by Gasteiger charge is -2.29. The van der Waals surface area contributed by atoms with Crippen molar-refractivity contribution in [3.05, 3.63) is 28.8 Å². The smallest absolute Gasteiger partial charge is 0.270 e. The number of carbonyl (C=O) groups is 3. The first-order chi connectivity index (χ1) is 12.2. The molecular formula is C18H22N4O3S. The van der Waals surface area contributed by atoms with Gasteiger partial charge in [-0.3, -0.25) is 14.4 Å². The predicted octanol–water partition coefficient (Wildman–Crippen LogP) is 2.22. The molecule has 1 aromatic rings. The highest BCUT2D eigenvalue weighted by Crippen LogP contribution is 2.55. The third-order valence-corrected chi connectivity index (χ3v) is 5.62. The van der Waals surface area contributed by atoms with Crippen molar-refractivity contribution in [2.45, 2.75) is 45.9 Å². The van der Waals surface area contributed by atoms with Gasteiger partial charge in [0.05, 0.1) is 5.69 Å². The molecule has 0 bridgehead atoms. The number of fused-ring (bicyclic) bond motifs is 2. The summed E-state index contributed by atoms with van der Waals surface area (Å²) in [6.45, 7) is 9.23. The number of aryl methyl sites for hydroxylation is 2. The molecular weight excluding hydrogens is 352 g/mol. The van der Waals surface area contributed by atoms with Crippen LogP contribution < -0.4 is 10.2 Å². The molecule has 1 spiro atoms. The van der Waals surface area contributed by atoms with Crippen molar-refractivity contribution >= 4 is 40.3 Å². The minimum absolute atomic E-state index is 0.202. The Bertz CT molecular complexity index is 851. The molecule has 2 aliphatic heterocycles. The molecule has 2 aliphatic rings. The van der Waals surface area contributed by atoms with E-state index >= 15 is 0 Å². The van der Waals surface area contributed by atoms with E-state index in [2.05, 4.69) is 10.4 Å². The van der Waals surface area contributed by atoms with Crippen LogP contribution in [0.5, 0.6) is 0 Å². The Kier molecular flexibility index (Phi) is 4.56. The first-order valence-electron chi connectivity index (χ1n) is 8.52. The highest BCUT2D eigenvalue weighted by atomic mass is 32.2. The molecule has 0 saturated heterocycles. The molecule has 0 saturated carbocycles. The maximum absolute atomic E-state index is 13.5. The standard InChI is InChI=1S/C18H22N4O3S/c1-6-7-21-15-11(3)8-10(2)9-14(15)18(16(21)25)22(13(5)24)20-17(26-18)19-12(4)23/h8-9H,6-7H2,1-5H3,(H,19,20,23)/t18-/m0/s1. The SMILES string of the molecule is CCCN1C(=O)[C@@]2(SC(NC(C)=O)=NN2C(C)=O)c2cc(C)cc(C)c21. The first kappa shape index (κ1) is 18.4. The van der Waals surface area contributed by atoms with E-state index in [1.807, 2.05) is 32.9 Å². The molecule has 0 aromatic heterocycles. The fraction of sp³-hybridized carbons (Fsp3) is 0.444. The molecule has 0 aliphatic carbocycles. The Morgan fingerprint density at radius 2 is 1.96 bits per heavy atom. The molecule has 3 amide bonds. The molecule has 2 heterocycles. The molecule has 7 nitrogen and oxygen atoms in total. The van der Waals surface area contributed by atoms with Crippen molar-refractivity contribution in [3.8, 4) is 0 Å². The van der Waals surface area contributed by atoms with Gasteiger partial charge in [-0.05, 0) is 37.6 Å². The lowest BCUT2D eigenvalue weighted by atomic mass is 10.0. The van der Waals surface area contributed by atoms with Crippen molar-refractivity contribution in [1.29, 1.82) is 0 Å². The fourth-order valence-electron chi connectivity index (χ4n) is 3.57. The van der Waals surface area contributed by atoms with E-state index in [1.165, 1.54) is 18.9 Å². The molecule has 1 atom stereocenters. The monoisotopic (exact) mass is 374 g/mol. The zero-order valence-corrected chi connectivity index (χ0v) is 16.4. The van der Waals surface area contributed by atoms with Crippen LogP contribution >= 0.6 is 11.8 Å². The Balaban J connectivity index is 2.22. The molecule has 0 fully saturated rings. The maximum atomic E-state index is 13.5. The number of carbonyl (C=O) groups excluding carboxylic acids is 3. The van der Waals surface area contributed by atoms with Crippen molar-refractivity contribution in [1.82, 2.24) is 10.3 Å². The summed E-state index contributed by atoms with van der Waals surface area (Å²) in [6.07, 6.45) is 0.790. The number of benzene rings is 1. The van der Waals surface area contributed by atoms with Gasteiger partial charge in [-0.1, -0.05) is 24.6 Å². The van der Waals surface area contributed by atoms with E-state index in [0.29, 0.717) is 6.54 Å².